The van der Waals surface area contributed by atoms with E-state index in [0.29, 0.717) is 37.7 Å². The third-order valence-corrected chi connectivity index (χ3v) is 4.61. The van der Waals surface area contributed by atoms with Crippen LogP contribution in [-0.4, -0.2) is 61.5 Å². The smallest absolute Gasteiger partial charge is 0.292 e. The molecule has 0 atom stereocenters. The van der Waals surface area contributed by atoms with E-state index in [1.54, 1.807) is 29.2 Å². The van der Waals surface area contributed by atoms with E-state index in [9.17, 15) is 9.18 Å². The van der Waals surface area contributed by atoms with Gasteiger partial charge in [-0.15, -0.1) is 0 Å². The third kappa shape index (κ3) is 3.56. The van der Waals surface area contributed by atoms with Crippen LogP contribution in [0.3, 0.4) is 0 Å². The van der Waals surface area contributed by atoms with Gasteiger partial charge in [0.15, 0.2) is 5.82 Å². The Bertz CT molecular complexity index is 769. The second-order valence-electron chi connectivity index (χ2n) is 6.38. The van der Waals surface area contributed by atoms with Crippen molar-refractivity contribution in [2.75, 3.05) is 44.3 Å². The molecule has 0 unspecified atom stereocenters. The molecule has 2 saturated heterocycles. The maximum Gasteiger partial charge on any atom is 0.292 e. The van der Waals surface area contributed by atoms with Crippen molar-refractivity contribution in [3.63, 3.8) is 0 Å². The van der Waals surface area contributed by atoms with Gasteiger partial charge in [0.05, 0.1) is 25.9 Å². The second kappa shape index (κ2) is 7.43. The lowest BCUT2D eigenvalue weighted by molar-refractivity contribution is -0.0520. The van der Waals surface area contributed by atoms with Crippen LogP contribution in [0.4, 0.5) is 10.2 Å². The summed E-state index contributed by atoms with van der Waals surface area (Å²) in [5.41, 5.74) is 0.516. The van der Waals surface area contributed by atoms with E-state index in [1.807, 2.05) is 4.90 Å². The van der Waals surface area contributed by atoms with E-state index in [1.165, 1.54) is 6.07 Å². The zero-order valence-electron chi connectivity index (χ0n) is 14.3. The highest BCUT2D eigenvalue weighted by Crippen LogP contribution is 2.21. The van der Waals surface area contributed by atoms with Crippen LogP contribution < -0.4 is 4.90 Å². The molecule has 0 saturated carbocycles. The first kappa shape index (κ1) is 17.0. The number of halogens is 1. The lowest BCUT2D eigenvalue weighted by Gasteiger charge is -2.38. The summed E-state index contributed by atoms with van der Waals surface area (Å²) in [5.74, 6) is 0.392. The maximum absolute atomic E-state index is 13.6. The molecule has 2 aromatic rings. The number of benzene rings is 1. The summed E-state index contributed by atoms with van der Waals surface area (Å²) in [5, 5.41) is 3.98. The SMILES string of the molecule is O=C(c1cc(N2CCOCC2)no1)N1CC(OCc2ccccc2F)C1. The molecular weight excluding hydrogens is 341 g/mol. The zero-order valence-corrected chi connectivity index (χ0v) is 14.3. The van der Waals surface area contributed by atoms with Crippen molar-refractivity contribution in [3.05, 3.63) is 47.5 Å². The van der Waals surface area contributed by atoms with Crippen LogP contribution in [0.25, 0.3) is 0 Å². The fourth-order valence-electron chi connectivity index (χ4n) is 3.00. The molecular formula is C18H20FN3O4. The highest BCUT2D eigenvalue weighted by molar-refractivity contribution is 5.92. The van der Waals surface area contributed by atoms with E-state index < -0.39 is 0 Å². The first-order chi connectivity index (χ1) is 12.7. The van der Waals surface area contributed by atoms with Crippen molar-refractivity contribution in [1.29, 1.82) is 0 Å². The molecule has 8 heteroatoms. The summed E-state index contributed by atoms with van der Waals surface area (Å²) in [4.78, 5) is 16.1. The van der Waals surface area contributed by atoms with Gasteiger partial charge in [-0.3, -0.25) is 4.79 Å². The first-order valence-corrected chi connectivity index (χ1v) is 8.64. The van der Waals surface area contributed by atoms with E-state index in [0.717, 1.165) is 13.1 Å². The number of nitrogens with zero attached hydrogens (tertiary/aromatic N) is 3. The van der Waals surface area contributed by atoms with Crippen molar-refractivity contribution in [1.82, 2.24) is 10.1 Å². The highest BCUT2D eigenvalue weighted by atomic mass is 19.1. The molecule has 0 spiro atoms. The number of amides is 1. The van der Waals surface area contributed by atoms with Crippen LogP contribution in [0.5, 0.6) is 0 Å². The zero-order chi connectivity index (χ0) is 17.9. The number of aromatic nitrogens is 1. The Morgan fingerprint density at radius 3 is 2.81 bits per heavy atom. The van der Waals surface area contributed by atoms with E-state index in [4.69, 9.17) is 14.0 Å². The number of likely N-dealkylation sites (tertiary alicyclic amines) is 1. The van der Waals surface area contributed by atoms with Crippen LogP contribution in [0.2, 0.25) is 0 Å². The molecule has 3 heterocycles. The Balaban J connectivity index is 1.27. The molecule has 2 aliphatic heterocycles. The van der Waals surface area contributed by atoms with E-state index >= 15 is 0 Å². The Morgan fingerprint density at radius 2 is 2.04 bits per heavy atom. The highest BCUT2D eigenvalue weighted by Gasteiger charge is 2.34. The molecule has 7 nitrogen and oxygen atoms in total. The van der Waals surface area contributed by atoms with Crippen LogP contribution in [0, 0.1) is 5.82 Å². The van der Waals surface area contributed by atoms with Gasteiger partial charge in [0.1, 0.15) is 5.82 Å². The lowest BCUT2D eigenvalue weighted by Crippen LogP contribution is -2.54. The monoisotopic (exact) mass is 361 g/mol. The van der Waals surface area contributed by atoms with Gasteiger partial charge in [0.2, 0.25) is 5.76 Å². The summed E-state index contributed by atoms with van der Waals surface area (Å²) < 4.78 is 29.7. The van der Waals surface area contributed by atoms with Crippen molar-refractivity contribution in [2.24, 2.45) is 0 Å². The molecule has 2 fully saturated rings. The number of hydrogen-bond donors (Lipinski definition) is 0. The molecule has 1 amide bonds. The van der Waals surface area contributed by atoms with Gasteiger partial charge in [-0.25, -0.2) is 4.39 Å². The number of carbonyl (C=O) groups is 1. The summed E-state index contributed by atoms with van der Waals surface area (Å²) in [6, 6.07) is 8.19. The first-order valence-electron chi connectivity index (χ1n) is 8.64. The van der Waals surface area contributed by atoms with Crippen molar-refractivity contribution in [3.8, 4) is 0 Å². The Morgan fingerprint density at radius 1 is 1.27 bits per heavy atom. The van der Waals surface area contributed by atoms with Gasteiger partial charge in [-0.05, 0) is 6.07 Å². The fraction of sp³-hybridized carbons (Fsp3) is 0.444. The standard InChI is InChI=1S/C18H20FN3O4/c19-15-4-2-1-3-13(15)12-25-14-10-22(11-14)18(23)16-9-17(20-26-16)21-5-7-24-8-6-21/h1-4,9,14H,5-8,10-12H2. The molecule has 1 aromatic heterocycles. The molecule has 0 aliphatic carbocycles. The van der Waals surface area contributed by atoms with Gasteiger partial charge >= 0.3 is 0 Å². The molecule has 26 heavy (non-hydrogen) atoms. The minimum Gasteiger partial charge on any atom is -0.378 e. The number of anilines is 1. The minimum atomic E-state index is -0.281. The molecule has 0 bridgehead atoms. The fourth-order valence-corrected chi connectivity index (χ4v) is 3.00. The molecule has 0 N–H and O–H groups in total. The lowest BCUT2D eigenvalue weighted by atomic mass is 10.1. The third-order valence-electron chi connectivity index (χ3n) is 4.61. The summed E-state index contributed by atoms with van der Waals surface area (Å²) >= 11 is 0. The topological polar surface area (TPSA) is 68.0 Å². The van der Waals surface area contributed by atoms with Gasteiger partial charge in [0.25, 0.3) is 5.91 Å². The predicted molar refractivity (Wildman–Crippen MR) is 90.4 cm³/mol. The van der Waals surface area contributed by atoms with Gasteiger partial charge < -0.3 is 23.8 Å². The van der Waals surface area contributed by atoms with E-state index in [-0.39, 0.29) is 30.2 Å². The Kier molecular flexibility index (Phi) is 4.85. The number of carbonyl (C=O) groups excluding carboxylic acids is 1. The minimum absolute atomic E-state index is 0.0970. The van der Waals surface area contributed by atoms with Crippen LogP contribution >= 0.6 is 0 Å². The number of ether oxygens (including phenoxy) is 2. The predicted octanol–water partition coefficient (Wildman–Crippen LogP) is 1.69. The summed E-state index contributed by atoms with van der Waals surface area (Å²) in [7, 11) is 0. The molecule has 2 aliphatic rings. The van der Waals surface area contributed by atoms with Gasteiger partial charge in [-0.1, -0.05) is 23.4 Å². The van der Waals surface area contributed by atoms with Crippen molar-refractivity contribution in [2.45, 2.75) is 12.7 Å². The molecule has 1 aromatic carbocycles. The van der Waals surface area contributed by atoms with Crippen molar-refractivity contribution < 1.29 is 23.2 Å². The maximum atomic E-state index is 13.6. The van der Waals surface area contributed by atoms with Gasteiger partial charge in [0, 0.05) is 37.8 Å². The molecule has 138 valence electrons. The van der Waals surface area contributed by atoms with E-state index in [2.05, 4.69) is 5.16 Å². The largest absolute Gasteiger partial charge is 0.378 e. The molecule has 0 radical (unpaired) electrons. The molecule has 4 rings (SSSR count). The number of rotatable bonds is 5. The van der Waals surface area contributed by atoms with Crippen LogP contribution in [0.15, 0.2) is 34.9 Å². The average Bonchev–Trinajstić information content (AvgIpc) is 3.12. The quantitative estimate of drug-likeness (QED) is 0.807. The summed E-state index contributed by atoms with van der Waals surface area (Å²) in [6.45, 7) is 3.86. The van der Waals surface area contributed by atoms with Crippen molar-refractivity contribution >= 4 is 11.7 Å². The van der Waals surface area contributed by atoms with Crippen LogP contribution in [0.1, 0.15) is 16.1 Å². The average molecular weight is 361 g/mol. The second-order valence-corrected chi connectivity index (χ2v) is 6.38. The van der Waals surface area contributed by atoms with Gasteiger partial charge in [-0.2, -0.15) is 0 Å². The number of hydrogen-bond acceptors (Lipinski definition) is 6. The summed E-state index contributed by atoms with van der Waals surface area (Å²) in [6.07, 6.45) is -0.0970. The Labute approximate surface area is 150 Å². The normalized spacial score (nSPS) is 18.0. The number of morpholine rings is 1. The Hall–Kier alpha value is -2.45. The van der Waals surface area contributed by atoms with Crippen LogP contribution in [-0.2, 0) is 16.1 Å².